The molecule has 1 unspecified atom stereocenters. The highest BCUT2D eigenvalue weighted by Crippen LogP contribution is 2.32. The third-order valence-electron chi connectivity index (χ3n) is 4.03. The molecule has 0 bridgehead atoms. The number of fused-ring (bicyclic) bond motifs is 1. The Morgan fingerprint density at radius 3 is 3.13 bits per heavy atom. The van der Waals surface area contributed by atoms with E-state index in [1.165, 1.54) is 5.56 Å². The number of carbonyl (C=O) groups excluding carboxylic acids is 1. The molecule has 0 spiro atoms. The molecule has 4 nitrogen and oxygen atoms in total. The lowest BCUT2D eigenvalue weighted by atomic mass is 9.97. The van der Waals surface area contributed by atoms with Crippen LogP contribution in [0.1, 0.15) is 18.4 Å². The van der Waals surface area contributed by atoms with Crippen molar-refractivity contribution in [3.8, 4) is 0 Å². The highest BCUT2D eigenvalue weighted by molar-refractivity contribution is 7.22. The van der Waals surface area contributed by atoms with Gasteiger partial charge in [0.25, 0.3) is 6.43 Å². The molecule has 1 aromatic heterocycles. The largest absolute Gasteiger partial charge is 0.350 e. The molecule has 2 heterocycles. The monoisotopic (exact) mass is 339 g/mol. The summed E-state index contributed by atoms with van der Waals surface area (Å²) < 4.78 is 25.6. The lowest BCUT2D eigenvalue weighted by Gasteiger charge is -2.31. The first-order valence-electron chi connectivity index (χ1n) is 7.71. The van der Waals surface area contributed by atoms with Crippen molar-refractivity contribution in [1.29, 1.82) is 0 Å². The fourth-order valence-electron chi connectivity index (χ4n) is 2.84. The lowest BCUT2D eigenvalue weighted by molar-refractivity contribution is -0.125. The van der Waals surface area contributed by atoms with Gasteiger partial charge < -0.3 is 10.2 Å². The SMILES string of the molecule is Cc1ccc2nc(N3CCCC(C(=O)NCC(F)F)C3)sc2c1. The van der Waals surface area contributed by atoms with Crippen LogP contribution >= 0.6 is 11.3 Å². The summed E-state index contributed by atoms with van der Waals surface area (Å²) in [6, 6.07) is 6.14. The quantitative estimate of drug-likeness (QED) is 0.930. The number of aromatic nitrogens is 1. The van der Waals surface area contributed by atoms with Gasteiger partial charge in [0.1, 0.15) is 0 Å². The van der Waals surface area contributed by atoms with Gasteiger partial charge in [-0.05, 0) is 37.5 Å². The molecular weight excluding hydrogens is 320 g/mol. The maximum absolute atomic E-state index is 12.2. The van der Waals surface area contributed by atoms with Gasteiger partial charge in [-0.1, -0.05) is 17.4 Å². The molecule has 23 heavy (non-hydrogen) atoms. The normalized spacial score (nSPS) is 18.6. The summed E-state index contributed by atoms with van der Waals surface area (Å²) in [5, 5.41) is 3.23. The van der Waals surface area contributed by atoms with E-state index in [0.29, 0.717) is 6.54 Å². The van der Waals surface area contributed by atoms with Crippen molar-refractivity contribution >= 4 is 32.6 Å². The zero-order chi connectivity index (χ0) is 16.4. The van der Waals surface area contributed by atoms with Crippen LogP contribution in [0.4, 0.5) is 13.9 Å². The molecule has 0 radical (unpaired) electrons. The van der Waals surface area contributed by atoms with Crippen molar-refractivity contribution in [2.75, 3.05) is 24.5 Å². The molecule has 3 rings (SSSR count). The first-order valence-corrected chi connectivity index (χ1v) is 8.52. The number of benzene rings is 1. The summed E-state index contributed by atoms with van der Waals surface area (Å²) in [6.45, 7) is 2.85. The second kappa shape index (κ2) is 6.78. The molecule has 1 amide bonds. The summed E-state index contributed by atoms with van der Waals surface area (Å²) in [4.78, 5) is 18.7. The Balaban J connectivity index is 1.70. The van der Waals surface area contributed by atoms with Crippen molar-refractivity contribution in [3.05, 3.63) is 23.8 Å². The average Bonchev–Trinajstić information content (AvgIpc) is 2.95. The number of hydrogen-bond donors (Lipinski definition) is 1. The highest BCUT2D eigenvalue weighted by atomic mass is 32.1. The number of rotatable bonds is 4. The number of carbonyl (C=O) groups is 1. The van der Waals surface area contributed by atoms with E-state index in [2.05, 4.69) is 21.3 Å². The number of hydrogen-bond acceptors (Lipinski definition) is 4. The summed E-state index contributed by atoms with van der Waals surface area (Å²) in [5.74, 6) is -0.539. The van der Waals surface area contributed by atoms with Gasteiger partial charge in [0.15, 0.2) is 5.13 Å². The summed E-state index contributed by atoms with van der Waals surface area (Å²) in [7, 11) is 0. The maximum atomic E-state index is 12.2. The first kappa shape index (κ1) is 16.1. The molecule has 0 saturated carbocycles. The molecule has 1 saturated heterocycles. The van der Waals surface area contributed by atoms with Crippen molar-refractivity contribution in [2.24, 2.45) is 5.92 Å². The van der Waals surface area contributed by atoms with Crippen molar-refractivity contribution in [2.45, 2.75) is 26.2 Å². The number of halogens is 2. The van der Waals surface area contributed by atoms with E-state index in [4.69, 9.17) is 0 Å². The van der Waals surface area contributed by atoms with E-state index in [1.807, 2.05) is 19.1 Å². The zero-order valence-corrected chi connectivity index (χ0v) is 13.7. The molecule has 1 atom stereocenters. The van der Waals surface area contributed by atoms with E-state index in [9.17, 15) is 13.6 Å². The topological polar surface area (TPSA) is 45.2 Å². The smallest absolute Gasteiger partial charge is 0.255 e. The molecule has 1 aromatic carbocycles. The van der Waals surface area contributed by atoms with Crippen LogP contribution in [0, 0.1) is 12.8 Å². The number of piperidine rings is 1. The average molecular weight is 339 g/mol. The summed E-state index contributed by atoms with van der Waals surface area (Å²) in [6.07, 6.45) is -0.914. The fraction of sp³-hybridized carbons (Fsp3) is 0.500. The number of nitrogens with zero attached hydrogens (tertiary/aromatic N) is 2. The molecule has 1 aliphatic rings. The van der Waals surface area contributed by atoms with Crippen LogP contribution in [0.15, 0.2) is 18.2 Å². The van der Waals surface area contributed by atoms with E-state index in [1.54, 1.807) is 11.3 Å². The number of nitrogens with one attached hydrogen (secondary N) is 1. The van der Waals surface area contributed by atoms with Gasteiger partial charge in [0, 0.05) is 13.1 Å². The highest BCUT2D eigenvalue weighted by Gasteiger charge is 2.27. The van der Waals surface area contributed by atoms with Crippen LogP contribution < -0.4 is 10.2 Å². The Bertz CT molecular complexity index is 704. The molecule has 1 N–H and O–H groups in total. The molecule has 1 aliphatic heterocycles. The number of aryl methyl sites for hydroxylation is 1. The van der Waals surface area contributed by atoms with Crippen molar-refractivity contribution < 1.29 is 13.6 Å². The van der Waals surface area contributed by atoms with E-state index < -0.39 is 13.0 Å². The summed E-state index contributed by atoms with van der Waals surface area (Å²) >= 11 is 1.61. The molecule has 7 heteroatoms. The van der Waals surface area contributed by atoms with Gasteiger partial charge in [-0.15, -0.1) is 0 Å². The Kier molecular flexibility index (Phi) is 4.75. The van der Waals surface area contributed by atoms with Gasteiger partial charge in [0.2, 0.25) is 5.91 Å². The van der Waals surface area contributed by atoms with Crippen LogP contribution in [0.25, 0.3) is 10.2 Å². The van der Waals surface area contributed by atoms with Crippen LogP contribution in [0.5, 0.6) is 0 Å². The van der Waals surface area contributed by atoms with Gasteiger partial charge in [0.05, 0.1) is 22.7 Å². The van der Waals surface area contributed by atoms with Gasteiger partial charge >= 0.3 is 0 Å². The van der Waals surface area contributed by atoms with E-state index in [-0.39, 0.29) is 11.8 Å². The first-order chi connectivity index (χ1) is 11.0. The minimum atomic E-state index is -2.51. The van der Waals surface area contributed by atoms with E-state index in [0.717, 1.165) is 34.7 Å². The zero-order valence-electron chi connectivity index (χ0n) is 12.9. The third-order valence-corrected chi connectivity index (χ3v) is 5.10. The van der Waals surface area contributed by atoms with Crippen LogP contribution in [0.2, 0.25) is 0 Å². The summed E-state index contributed by atoms with van der Waals surface area (Å²) in [5.41, 5.74) is 2.15. The second-order valence-corrected chi connectivity index (χ2v) is 6.90. The molecule has 1 fully saturated rings. The van der Waals surface area contributed by atoms with Gasteiger partial charge in [-0.2, -0.15) is 0 Å². The third kappa shape index (κ3) is 3.77. The molecular formula is C16H19F2N3OS. The lowest BCUT2D eigenvalue weighted by Crippen LogP contribution is -2.44. The minimum Gasteiger partial charge on any atom is -0.350 e. The standard InChI is InChI=1S/C16H19F2N3OS/c1-10-4-5-12-13(7-10)23-16(20-12)21-6-2-3-11(9-21)15(22)19-8-14(17)18/h4-5,7,11,14H,2-3,6,8-9H2,1H3,(H,19,22). The van der Waals surface area contributed by atoms with E-state index >= 15 is 0 Å². The number of thiazole rings is 1. The Morgan fingerprint density at radius 1 is 1.52 bits per heavy atom. The molecule has 124 valence electrons. The van der Waals surface area contributed by atoms with Crippen LogP contribution in [-0.2, 0) is 4.79 Å². The minimum absolute atomic E-state index is 0.253. The van der Waals surface area contributed by atoms with Gasteiger partial charge in [-0.3, -0.25) is 4.79 Å². The Hall–Kier alpha value is -1.76. The van der Waals surface area contributed by atoms with Crippen molar-refractivity contribution in [1.82, 2.24) is 10.3 Å². The Morgan fingerprint density at radius 2 is 2.35 bits per heavy atom. The molecule has 0 aliphatic carbocycles. The van der Waals surface area contributed by atoms with Crippen molar-refractivity contribution in [3.63, 3.8) is 0 Å². The fourth-order valence-corrected chi connectivity index (χ4v) is 3.94. The molecule has 2 aromatic rings. The van der Waals surface area contributed by atoms with Gasteiger partial charge in [-0.25, -0.2) is 13.8 Å². The second-order valence-electron chi connectivity index (χ2n) is 5.89. The number of anilines is 1. The predicted molar refractivity (Wildman–Crippen MR) is 88.3 cm³/mol. The van der Waals surface area contributed by atoms with Crippen LogP contribution in [0.3, 0.4) is 0 Å². The number of amides is 1. The predicted octanol–water partition coefficient (Wildman–Crippen LogP) is 3.20. The maximum Gasteiger partial charge on any atom is 0.255 e. The van der Waals surface area contributed by atoms with Crippen LogP contribution in [-0.4, -0.2) is 37.0 Å². The Labute approximate surface area is 137 Å². The number of alkyl halides is 2.